The summed E-state index contributed by atoms with van der Waals surface area (Å²) < 4.78 is 1.20. The first-order valence-corrected chi connectivity index (χ1v) is 8.09. The zero-order valence-electron chi connectivity index (χ0n) is 10.9. The van der Waals surface area contributed by atoms with Crippen LogP contribution in [-0.4, -0.2) is 15.5 Å². The highest BCUT2D eigenvalue weighted by molar-refractivity contribution is 14.1. The van der Waals surface area contributed by atoms with Crippen LogP contribution in [0.1, 0.15) is 49.7 Å². The molecule has 0 spiro atoms. The molecule has 100 valence electrons. The number of benzene rings is 1. The number of carboxylic acid groups (broad SMARTS) is 1. The minimum Gasteiger partial charge on any atom is -0.481 e. The molecule has 0 heterocycles. The summed E-state index contributed by atoms with van der Waals surface area (Å²) in [4.78, 5) is 11.2. The molecule has 0 aliphatic rings. The number of halogens is 1. The maximum absolute atomic E-state index is 11.2. The molecular weight excluding hydrogens is 339 g/mol. The molecule has 0 saturated heterocycles. The van der Waals surface area contributed by atoms with Gasteiger partial charge in [0, 0.05) is 0 Å². The third-order valence-electron chi connectivity index (χ3n) is 3.11. The van der Waals surface area contributed by atoms with E-state index in [1.165, 1.54) is 22.8 Å². The Balaban J connectivity index is 2.65. The Labute approximate surface area is 123 Å². The number of carboxylic acids is 1. The maximum atomic E-state index is 11.2. The Bertz CT molecular complexity index is 359. The molecule has 1 atom stereocenters. The van der Waals surface area contributed by atoms with Gasteiger partial charge in [-0.05, 0) is 41.2 Å². The molecule has 1 aromatic carbocycles. The standard InChI is InChI=1S/C15H21IO2/c1-2-5-14(15(17)18)13-9-7-12(8-10-13)6-3-4-11-16/h7-10,14H,2-6,11H2,1H3,(H,17,18). The number of aryl methyl sites for hydroxylation is 1. The van der Waals surface area contributed by atoms with Crippen LogP contribution in [0.15, 0.2) is 24.3 Å². The van der Waals surface area contributed by atoms with Gasteiger partial charge < -0.3 is 5.11 Å². The van der Waals surface area contributed by atoms with E-state index in [0.717, 1.165) is 18.4 Å². The minimum atomic E-state index is -0.713. The summed E-state index contributed by atoms with van der Waals surface area (Å²) in [6, 6.07) is 8.12. The topological polar surface area (TPSA) is 37.3 Å². The lowest BCUT2D eigenvalue weighted by atomic mass is 9.93. The van der Waals surface area contributed by atoms with Crippen molar-refractivity contribution >= 4 is 28.6 Å². The van der Waals surface area contributed by atoms with Gasteiger partial charge in [-0.2, -0.15) is 0 Å². The summed E-state index contributed by atoms with van der Waals surface area (Å²) in [6.45, 7) is 2.02. The van der Waals surface area contributed by atoms with Gasteiger partial charge in [-0.15, -0.1) is 0 Å². The van der Waals surface area contributed by atoms with E-state index in [-0.39, 0.29) is 5.92 Å². The molecule has 0 radical (unpaired) electrons. The van der Waals surface area contributed by atoms with Gasteiger partial charge in [0.2, 0.25) is 0 Å². The molecule has 0 amide bonds. The van der Waals surface area contributed by atoms with Gasteiger partial charge in [-0.25, -0.2) is 0 Å². The molecule has 0 aliphatic heterocycles. The first-order valence-electron chi connectivity index (χ1n) is 6.56. The fourth-order valence-electron chi connectivity index (χ4n) is 2.06. The van der Waals surface area contributed by atoms with Gasteiger partial charge in [0.1, 0.15) is 0 Å². The highest BCUT2D eigenvalue weighted by atomic mass is 127. The number of hydrogen-bond acceptors (Lipinski definition) is 1. The van der Waals surface area contributed by atoms with Gasteiger partial charge in [0.15, 0.2) is 0 Å². The number of aliphatic carboxylic acids is 1. The predicted octanol–water partition coefficient (Wildman–Crippen LogP) is 4.41. The van der Waals surface area contributed by atoms with Crippen molar-refractivity contribution in [2.45, 2.75) is 44.9 Å². The molecule has 0 aromatic heterocycles. The van der Waals surface area contributed by atoms with E-state index in [1.54, 1.807) is 0 Å². The fraction of sp³-hybridized carbons (Fsp3) is 0.533. The van der Waals surface area contributed by atoms with E-state index in [2.05, 4.69) is 34.7 Å². The van der Waals surface area contributed by atoms with Gasteiger partial charge in [0.25, 0.3) is 0 Å². The van der Waals surface area contributed by atoms with Crippen LogP contribution in [-0.2, 0) is 11.2 Å². The van der Waals surface area contributed by atoms with Crippen molar-refractivity contribution in [1.82, 2.24) is 0 Å². The molecule has 1 rings (SSSR count). The van der Waals surface area contributed by atoms with Crippen molar-refractivity contribution in [3.63, 3.8) is 0 Å². The Kier molecular flexibility index (Phi) is 7.32. The first-order chi connectivity index (χ1) is 8.69. The van der Waals surface area contributed by atoms with Gasteiger partial charge >= 0.3 is 5.97 Å². The Morgan fingerprint density at radius 3 is 2.44 bits per heavy atom. The smallest absolute Gasteiger partial charge is 0.310 e. The van der Waals surface area contributed by atoms with Crippen LogP contribution < -0.4 is 0 Å². The van der Waals surface area contributed by atoms with Gasteiger partial charge in [-0.3, -0.25) is 4.79 Å². The van der Waals surface area contributed by atoms with E-state index in [0.29, 0.717) is 6.42 Å². The largest absolute Gasteiger partial charge is 0.481 e. The van der Waals surface area contributed by atoms with Crippen LogP contribution in [0.4, 0.5) is 0 Å². The third-order valence-corrected chi connectivity index (χ3v) is 3.87. The van der Waals surface area contributed by atoms with Crippen molar-refractivity contribution in [2.75, 3.05) is 4.43 Å². The monoisotopic (exact) mass is 360 g/mol. The zero-order chi connectivity index (χ0) is 13.4. The Morgan fingerprint density at radius 1 is 1.28 bits per heavy atom. The lowest BCUT2D eigenvalue weighted by Crippen LogP contribution is -2.11. The van der Waals surface area contributed by atoms with Crippen LogP contribution in [0, 0.1) is 0 Å². The quantitative estimate of drug-likeness (QED) is 0.424. The van der Waals surface area contributed by atoms with Crippen LogP contribution in [0.3, 0.4) is 0 Å². The molecule has 3 heteroatoms. The Hall–Kier alpha value is -0.580. The van der Waals surface area contributed by atoms with Crippen LogP contribution in [0.2, 0.25) is 0 Å². The highest BCUT2D eigenvalue weighted by Gasteiger charge is 2.18. The number of hydrogen-bond donors (Lipinski definition) is 1. The Morgan fingerprint density at radius 2 is 1.94 bits per heavy atom. The maximum Gasteiger partial charge on any atom is 0.310 e. The average Bonchev–Trinajstić information content (AvgIpc) is 2.37. The molecule has 1 N–H and O–H groups in total. The lowest BCUT2D eigenvalue weighted by molar-refractivity contribution is -0.139. The highest BCUT2D eigenvalue weighted by Crippen LogP contribution is 2.22. The van der Waals surface area contributed by atoms with E-state index < -0.39 is 5.97 Å². The molecule has 1 aromatic rings. The van der Waals surface area contributed by atoms with Crippen molar-refractivity contribution in [2.24, 2.45) is 0 Å². The van der Waals surface area contributed by atoms with Crippen LogP contribution in [0.5, 0.6) is 0 Å². The summed E-state index contributed by atoms with van der Waals surface area (Å²) in [5.74, 6) is -1.06. The molecule has 1 unspecified atom stereocenters. The second kappa shape index (κ2) is 8.51. The van der Waals surface area contributed by atoms with Crippen molar-refractivity contribution in [3.05, 3.63) is 35.4 Å². The molecule has 0 fully saturated rings. The number of unbranched alkanes of at least 4 members (excludes halogenated alkanes) is 1. The van der Waals surface area contributed by atoms with E-state index in [4.69, 9.17) is 0 Å². The minimum absolute atomic E-state index is 0.349. The summed E-state index contributed by atoms with van der Waals surface area (Å²) in [5, 5.41) is 9.20. The van der Waals surface area contributed by atoms with Crippen molar-refractivity contribution < 1.29 is 9.90 Å². The zero-order valence-corrected chi connectivity index (χ0v) is 13.0. The first kappa shape index (κ1) is 15.5. The van der Waals surface area contributed by atoms with Gasteiger partial charge in [-0.1, -0.05) is 60.2 Å². The second-order valence-corrected chi connectivity index (χ2v) is 5.65. The summed E-state index contributed by atoms with van der Waals surface area (Å²) in [6.07, 6.45) is 5.15. The molecule has 18 heavy (non-hydrogen) atoms. The summed E-state index contributed by atoms with van der Waals surface area (Å²) in [5.41, 5.74) is 2.24. The van der Waals surface area contributed by atoms with Crippen molar-refractivity contribution in [3.8, 4) is 0 Å². The molecule has 0 aliphatic carbocycles. The third kappa shape index (κ3) is 4.96. The SMILES string of the molecule is CCCC(C(=O)O)c1ccc(CCCCI)cc1. The lowest BCUT2D eigenvalue weighted by Gasteiger charge is -2.12. The molecule has 2 nitrogen and oxygen atoms in total. The average molecular weight is 360 g/mol. The molecule has 0 bridgehead atoms. The summed E-state index contributed by atoms with van der Waals surface area (Å²) in [7, 11) is 0. The van der Waals surface area contributed by atoms with Crippen LogP contribution >= 0.6 is 22.6 Å². The number of alkyl halides is 1. The number of carbonyl (C=O) groups is 1. The van der Waals surface area contributed by atoms with Crippen LogP contribution in [0.25, 0.3) is 0 Å². The molecular formula is C15H21IO2. The van der Waals surface area contributed by atoms with E-state index >= 15 is 0 Å². The second-order valence-electron chi connectivity index (χ2n) is 4.57. The van der Waals surface area contributed by atoms with Gasteiger partial charge in [0.05, 0.1) is 5.92 Å². The fourth-order valence-corrected chi connectivity index (χ4v) is 2.60. The van der Waals surface area contributed by atoms with E-state index in [9.17, 15) is 9.90 Å². The normalized spacial score (nSPS) is 12.3. The summed E-state index contributed by atoms with van der Waals surface area (Å²) >= 11 is 2.40. The van der Waals surface area contributed by atoms with E-state index in [1.807, 2.05) is 19.1 Å². The predicted molar refractivity (Wildman–Crippen MR) is 83.6 cm³/mol. The number of rotatable bonds is 8. The van der Waals surface area contributed by atoms with Crippen molar-refractivity contribution in [1.29, 1.82) is 0 Å². The molecule has 0 saturated carbocycles.